The first kappa shape index (κ1) is 31.6. The van der Waals surface area contributed by atoms with Crippen LogP contribution in [0.15, 0.2) is 34.1 Å². The second kappa shape index (κ2) is 14.7. The second-order valence-corrected chi connectivity index (χ2v) is 12.2. The first-order valence-corrected chi connectivity index (χ1v) is 16.1. The fraction of sp³-hybridized carbons (Fsp3) is 0.467. The van der Waals surface area contributed by atoms with Crippen LogP contribution in [-0.2, 0) is 0 Å². The molecule has 2 heterocycles. The summed E-state index contributed by atoms with van der Waals surface area (Å²) in [4.78, 5) is 55.8. The van der Waals surface area contributed by atoms with E-state index < -0.39 is 12.2 Å². The molecule has 2 aliphatic heterocycles. The summed E-state index contributed by atoms with van der Waals surface area (Å²) in [5.41, 5.74) is 0.469. The van der Waals surface area contributed by atoms with E-state index in [0.29, 0.717) is 47.5 Å². The van der Waals surface area contributed by atoms with Crippen LogP contribution in [0.3, 0.4) is 0 Å². The molecular weight excluding hydrogens is 580 g/mol. The van der Waals surface area contributed by atoms with E-state index >= 15 is 0 Å². The Morgan fingerprint density at radius 2 is 0.905 bits per heavy atom. The number of hydrogen-bond acceptors (Lipinski definition) is 10. The fourth-order valence-electron chi connectivity index (χ4n) is 4.98. The predicted octanol–water partition coefficient (Wildman–Crippen LogP) is 6.88. The number of Topliss-reactive ketones (excluding diaryl/α,β-unsaturated/α-hetero) is 2. The number of ether oxygens (including phenoxy) is 4. The zero-order valence-electron chi connectivity index (χ0n) is 24.4. The third kappa shape index (κ3) is 7.33. The molecule has 226 valence electrons. The first-order chi connectivity index (χ1) is 20.2. The highest BCUT2D eigenvalue weighted by atomic mass is 33.1. The monoisotopic (exact) mass is 616 g/mol. The molecule has 2 aliphatic rings. The van der Waals surface area contributed by atoms with Gasteiger partial charge in [-0.25, -0.2) is 9.59 Å². The maximum Gasteiger partial charge on any atom is 0.415 e. The van der Waals surface area contributed by atoms with Crippen molar-refractivity contribution >= 4 is 45.3 Å². The number of benzene rings is 2. The highest BCUT2D eigenvalue weighted by Crippen LogP contribution is 2.51. The zero-order chi connectivity index (χ0) is 30.2. The van der Waals surface area contributed by atoms with E-state index in [0.717, 1.165) is 60.1 Å². The smallest absolute Gasteiger partial charge is 0.415 e. The van der Waals surface area contributed by atoms with Crippen molar-refractivity contribution in [2.24, 2.45) is 0 Å². The lowest BCUT2D eigenvalue weighted by Gasteiger charge is -2.27. The number of nitrogens with zero attached hydrogens (tertiary/aromatic N) is 2. The Balaban J connectivity index is 1.72. The topological polar surface area (TPSA) is 112 Å². The van der Waals surface area contributed by atoms with Gasteiger partial charge in [-0.05, 0) is 98.2 Å². The fourth-order valence-corrected chi connectivity index (χ4v) is 7.68. The maximum atomic E-state index is 13.0. The molecule has 0 unspecified atom stereocenters. The number of rotatable bonds is 9. The summed E-state index contributed by atoms with van der Waals surface area (Å²) in [5.74, 6) is 0.427. The summed E-state index contributed by atoms with van der Waals surface area (Å²) in [5, 5.41) is 0. The van der Waals surface area contributed by atoms with Crippen LogP contribution >= 0.6 is 21.6 Å². The Kier molecular flexibility index (Phi) is 11.0. The van der Waals surface area contributed by atoms with Crippen molar-refractivity contribution in [3.05, 3.63) is 35.4 Å². The average molecular weight is 617 g/mol. The molecule has 4 rings (SSSR count). The molecule has 0 radical (unpaired) electrons. The Bertz CT molecular complexity index is 1240. The molecule has 10 nitrogen and oxygen atoms in total. The van der Waals surface area contributed by atoms with Gasteiger partial charge in [0.15, 0.2) is 11.6 Å². The van der Waals surface area contributed by atoms with Crippen LogP contribution in [0.4, 0.5) is 9.59 Å². The van der Waals surface area contributed by atoms with E-state index in [4.69, 9.17) is 18.9 Å². The van der Waals surface area contributed by atoms with Crippen LogP contribution < -0.4 is 18.9 Å². The summed E-state index contributed by atoms with van der Waals surface area (Å²) in [7, 11) is 5.13. The van der Waals surface area contributed by atoms with Gasteiger partial charge in [-0.2, -0.15) is 0 Å². The van der Waals surface area contributed by atoms with Gasteiger partial charge in [-0.15, -0.1) is 0 Å². The number of carbonyl (C=O) groups is 4. The number of carbonyl (C=O) groups excluding carboxylic acids is 4. The molecule has 2 aromatic rings. The number of amides is 2. The van der Waals surface area contributed by atoms with E-state index in [1.54, 1.807) is 34.1 Å². The molecule has 0 spiro atoms. The number of ketones is 2. The van der Waals surface area contributed by atoms with Crippen molar-refractivity contribution in [2.45, 2.75) is 62.2 Å². The van der Waals surface area contributed by atoms with Gasteiger partial charge in [-0.3, -0.25) is 9.59 Å². The summed E-state index contributed by atoms with van der Waals surface area (Å²) < 4.78 is 22.6. The Hall–Kier alpha value is -3.38. The second-order valence-electron chi connectivity index (χ2n) is 10.1. The van der Waals surface area contributed by atoms with E-state index in [1.165, 1.54) is 28.1 Å². The highest BCUT2D eigenvalue weighted by molar-refractivity contribution is 8.76. The molecule has 2 fully saturated rings. The molecule has 0 aromatic heterocycles. The molecule has 0 saturated carbocycles. The number of piperidine rings is 2. The first-order valence-electron chi connectivity index (χ1n) is 14.0. The third-order valence-corrected chi connectivity index (χ3v) is 9.62. The van der Waals surface area contributed by atoms with Crippen molar-refractivity contribution in [3.63, 3.8) is 0 Å². The molecule has 0 N–H and O–H groups in total. The predicted molar refractivity (Wildman–Crippen MR) is 161 cm³/mol. The Labute approximate surface area is 253 Å². The molecule has 0 atom stereocenters. The average Bonchev–Trinajstić information content (AvgIpc) is 3.00. The number of hydrogen-bond donors (Lipinski definition) is 0. The molecule has 2 aromatic carbocycles. The quantitative estimate of drug-likeness (QED) is 0.218. The van der Waals surface area contributed by atoms with Crippen molar-refractivity contribution < 1.29 is 38.1 Å². The van der Waals surface area contributed by atoms with E-state index in [2.05, 4.69) is 0 Å². The summed E-state index contributed by atoms with van der Waals surface area (Å²) in [6.45, 7) is 5.21. The van der Waals surface area contributed by atoms with E-state index in [-0.39, 0.29) is 34.2 Å². The highest BCUT2D eigenvalue weighted by Gasteiger charge is 2.28. The standard InChI is InChI=1S/C30H36N2O8S2/c1-19(33)25-21(37-3)11-13-23(39-29(35)31-15-7-5-8-16-31)27(25)41-42-28-24(14-12-22(38-4)26(28)20(2)34)40-30(36)32-17-9-6-10-18-32/h11-14H,5-10,15-18H2,1-4H3. The van der Waals surface area contributed by atoms with Gasteiger partial charge in [0.1, 0.15) is 23.0 Å². The SMILES string of the molecule is COc1ccc(OC(=O)N2CCCCC2)c(SSc2c(OC(=O)N3CCCCC3)ccc(OC)c2C(C)=O)c1C(C)=O. The molecule has 0 bridgehead atoms. The normalized spacial score (nSPS) is 15.1. The lowest BCUT2D eigenvalue weighted by atomic mass is 10.1. The van der Waals surface area contributed by atoms with Crippen LogP contribution in [0.2, 0.25) is 0 Å². The molecule has 42 heavy (non-hydrogen) atoms. The van der Waals surface area contributed by atoms with Crippen molar-refractivity contribution in [2.75, 3.05) is 40.4 Å². The minimum atomic E-state index is -0.497. The Morgan fingerprint density at radius 3 is 1.21 bits per heavy atom. The lowest BCUT2D eigenvalue weighted by Crippen LogP contribution is -2.37. The minimum Gasteiger partial charge on any atom is -0.496 e. The molecule has 2 saturated heterocycles. The van der Waals surface area contributed by atoms with E-state index in [1.807, 2.05) is 0 Å². The van der Waals surface area contributed by atoms with Crippen molar-refractivity contribution in [1.29, 1.82) is 0 Å². The van der Waals surface area contributed by atoms with Gasteiger partial charge in [-0.1, -0.05) is 0 Å². The van der Waals surface area contributed by atoms with Gasteiger partial charge >= 0.3 is 12.2 Å². The third-order valence-electron chi connectivity index (χ3n) is 7.14. The molecule has 12 heteroatoms. The molecule has 0 aliphatic carbocycles. The van der Waals surface area contributed by atoms with Gasteiger partial charge in [0.05, 0.1) is 35.1 Å². The largest absolute Gasteiger partial charge is 0.496 e. The van der Waals surface area contributed by atoms with E-state index in [9.17, 15) is 19.2 Å². The summed E-state index contributed by atoms with van der Waals surface area (Å²) >= 11 is 0. The van der Waals surface area contributed by atoms with Gasteiger partial charge < -0.3 is 28.7 Å². The van der Waals surface area contributed by atoms with Crippen LogP contribution in [0.25, 0.3) is 0 Å². The molecular formula is C30H36N2O8S2. The maximum absolute atomic E-state index is 13.0. The minimum absolute atomic E-state index is 0.188. The van der Waals surface area contributed by atoms with Crippen LogP contribution in [-0.4, -0.2) is 74.0 Å². The van der Waals surface area contributed by atoms with Gasteiger partial charge in [0.25, 0.3) is 0 Å². The van der Waals surface area contributed by atoms with Gasteiger partial charge in [0, 0.05) is 26.2 Å². The Morgan fingerprint density at radius 1 is 0.571 bits per heavy atom. The van der Waals surface area contributed by atoms with Crippen LogP contribution in [0.5, 0.6) is 23.0 Å². The summed E-state index contributed by atoms with van der Waals surface area (Å²) in [6, 6.07) is 6.35. The summed E-state index contributed by atoms with van der Waals surface area (Å²) in [6.07, 6.45) is 4.72. The zero-order valence-corrected chi connectivity index (χ0v) is 26.0. The number of likely N-dealkylation sites (tertiary alicyclic amines) is 2. The van der Waals surface area contributed by atoms with Crippen molar-refractivity contribution in [1.82, 2.24) is 9.80 Å². The lowest BCUT2D eigenvalue weighted by molar-refractivity contribution is 0.0997. The molecule has 2 amide bonds. The van der Waals surface area contributed by atoms with Crippen LogP contribution in [0.1, 0.15) is 73.1 Å². The van der Waals surface area contributed by atoms with Crippen LogP contribution in [0, 0.1) is 0 Å². The van der Waals surface area contributed by atoms with Gasteiger partial charge in [0.2, 0.25) is 0 Å². The van der Waals surface area contributed by atoms with Crippen molar-refractivity contribution in [3.8, 4) is 23.0 Å². The number of methoxy groups -OCH3 is 2.